The minimum absolute atomic E-state index is 0.0479. The van der Waals surface area contributed by atoms with Gasteiger partial charge >= 0.3 is 0 Å². The highest BCUT2D eigenvalue weighted by atomic mass is 16.3. The second kappa shape index (κ2) is 6.51. The number of aliphatic hydroxyl groups is 1. The van der Waals surface area contributed by atoms with E-state index in [4.69, 9.17) is 10.8 Å². The summed E-state index contributed by atoms with van der Waals surface area (Å²) in [7, 11) is 0. The van der Waals surface area contributed by atoms with Crippen LogP contribution < -0.4 is 11.1 Å². The lowest BCUT2D eigenvalue weighted by Crippen LogP contribution is -2.46. The quantitative estimate of drug-likeness (QED) is 0.644. The van der Waals surface area contributed by atoms with Crippen molar-refractivity contribution in [3.8, 4) is 0 Å². The van der Waals surface area contributed by atoms with Crippen LogP contribution in [0.4, 0.5) is 0 Å². The van der Waals surface area contributed by atoms with Crippen molar-refractivity contribution in [1.29, 1.82) is 0 Å². The number of aromatic nitrogens is 2. The molecule has 1 heterocycles. The van der Waals surface area contributed by atoms with Gasteiger partial charge in [0.2, 0.25) is 0 Å². The number of carbonyl (C=O) groups is 1. The monoisotopic (exact) mass is 254 g/mol. The molecule has 1 amide bonds. The van der Waals surface area contributed by atoms with Crippen molar-refractivity contribution < 1.29 is 9.90 Å². The smallest absolute Gasteiger partial charge is 0.271 e. The highest BCUT2D eigenvalue weighted by molar-refractivity contribution is 5.92. The second-order valence-electron chi connectivity index (χ2n) is 4.63. The van der Waals surface area contributed by atoms with E-state index < -0.39 is 5.54 Å². The van der Waals surface area contributed by atoms with E-state index in [1.165, 1.54) is 0 Å². The number of nitrogens with zero attached hydrogens (tertiary/aromatic N) is 2. The molecule has 102 valence electrons. The third-order valence-corrected chi connectivity index (χ3v) is 3.11. The summed E-state index contributed by atoms with van der Waals surface area (Å²) < 4.78 is 1.78. The molecular weight excluding hydrogens is 232 g/mol. The third-order valence-electron chi connectivity index (χ3n) is 3.11. The summed E-state index contributed by atoms with van der Waals surface area (Å²) in [5.74, 6) is -0.219. The summed E-state index contributed by atoms with van der Waals surface area (Å²) in [5.41, 5.74) is 5.41. The van der Waals surface area contributed by atoms with E-state index in [9.17, 15) is 4.79 Å². The molecule has 0 bridgehead atoms. The van der Waals surface area contributed by atoms with Crippen LogP contribution in [0.15, 0.2) is 12.5 Å². The normalized spacial score (nSPS) is 14.2. The lowest BCUT2D eigenvalue weighted by molar-refractivity contribution is 0.0881. The zero-order valence-electron chi connectivity index (χ0n) is 11.0. The number of imidazole rings is 1. The molecule has 18 heavy (non-hydrogen) atoms. The van der Waals surface area contributed by atoms with Gasteiger partial charge in [-0.1, -0.05) is 6.92 Å². The van der Waals surface area contributed by atoms with Gasteiger partial charge in [0.1, 0.15) is 5.69 Å². The minimum Gasteiger partial charge on any atom is -0.396 e. The number of carbonyl (C=O) groups excluding carboxylic acids is 1. The van der Waals surface area contributed by atoms with Crippen LogP contribution in [-0.4, -0.2) is 39.3 Å². The van der Waals surface area contributed by atoms with Gasteiger partial charge in [0.25, 0.3) is 5.91 Å². The summed E-state index contributed by atoms with van der Waals surface area (Å²) >= 11 is 0. The Kier molecular flexibility index (Phi) is 5.30. The fraction of sp³-hybridized carbons (Fsp3) is 0.667. The largest absolute Gasteiger partial charge is 0.396 e. The molecule has 1 rings (SSSR count). The van der Waals surface area contributed by atoms with Crippen LogP contribution >= 0.6 is 0 Å². The first-order valence-electron chi connectivity index (χ1n) is 6.20. The average molecular weight is 254 g/mol. The van der Waals surface area contributed by atoms with Gasteiger partial charge < -0.3 is 20.7 Å². The Balaban J connectivity index is 2.68. The molecule has 0 fully saturated rings. The van der Waals surface area contributed by atoms with E-state index in [0.717, 1.165) is 6.42 Å². The van der Waals surface area contributed by atoms with Crippen molar-refractivity contribution in [1.82, 2.24) is 14.9 Å². The molecule has 6 heteroatoms. The van der Waals surface area contributed by atoms with Gasteiger partial charge in [-0.2, -0.15) is 0 Å². The zero-order chi connectivity index (χ0) is 13.6. The first-order valence-corrected chi connectivity index (χ1v) is 6.20. The van der Waals surface area contributed by atoms with Gasteiger partial charge in [-0.05, 0) is 19.8 Å². The second-order valence-corrected chi connectivity index (χ2v) is 4.63. The van der Waals surface area contributed by atoms with Crippen LogP contribution in [0.1, 0.15) is 37.2 Å². The summed E-state index contributed by atoms with van der Waals surface area (Å²) in [6.45, 7) is 5.09. The van der Waals surface area contributed by atoms with E-state index in [1.54, 1.807) is 17.1 Å². The molecule has 0 spiro atoms. The van der Waals surface area contributed by atoms with Crippen molar-refractivity contribution >= 4 is 5.91 Å². The van der Waals surface area contributed by atoms with Crippen LogP contribution in [-0.2, 0) is 6.54 Å². The molecule has 1 atom stereocenters. The van der Waals surface area contributed by atoms with Crippen molar-refractivity contribution in [2.45, 2.75) is 38.8 Å². The number of aliphatic hydroxyl groups excluding tert-OH is 1. The molecular formula is C12H22N4O2. The molecule has 0 radical (unpaired) electrons. The van der Waals surface area contributed by atoms with E-state index in [1.807, 2.05) is 13.8 Å². The maximum atomic E-state index is 12.0. The predicted molar refractivity (Wildman–Crippen MR) is 69.1 cm³/mol. The number of rotatable bonds is 7. The van der Waals surface area contributed by atoms with Gasteiger partial charge in [0, 0.05) is 31.4 Å². The highest BCUT2D eigenvalue weighted by Crippen LogP contribution is 2.14. The summed E-state index contributed by atoms with van der Waals surface area (Å²) in [6, 6.07) is 0. The van der Waals surface area contributed by atoms with Crippen molar-refractivity contribution in [3.05, 3.63) is 18.2 Å². The van der Waals surface area contributed by atoms with Crippen molar-refractivity contribution in [2.75, 3.05) is 13.2 Å². The van der Waals surface area contributed by atoms with E-state index in [0.29, 0.717) is 25.2 Å². The summed E-state index contributed by atoms with van der Waals surface area (Å²) in [6.07, 6.45) is 4.55. The van der Waals surface area contributed by atoms with Crippen LogP contribution in [0.25, 0.3) is 0 Å². The van der Waals surface area contributed by atoms with Gasteiger partial charge in [0.15, 0.2) is 0 Å². The number of hydrogen-bond acceptors (Lipinski definition) is 4. The number of amides is 1. The van der Waals surface area contributed by atoms with Crippen molar-refractivity contribution in [2.24, 2.45) is 5.73 Å². The number of nitrogens with two attached hydrogens (primary N) is 1. The molecule has 0 aromatic carbocycles. The SMILES string of the molecule is CCC(C)(CCO)NC(=O)c1cn(CCN)cn1. The van der Waals surface area contributed by atoms with Crippen LogP contribution in [0, 0.1) is 0 Å². The topological polar surface area (TPSA) is 93.2 Å². The average Bonchev–Trinajstić information content (AvgIpc) is 2.78. The molecule has 1 aromatic rings. The fourth-order valence-electron chi connectivity index (χ4n) is 1.66. The lowest BCUT2D eigenvalue weighted by Gasteiger charge is -2.28. The van der Waals surface area contributed by atoms with Crippen LogP contribution in [0.5, 0.6) is 0 Å². The van der Waals surface area contributed by atoms with E-state index in [2.05, 4.69) is 10.3 Å². The molecule has 4 N–H and O–H groups in total. The molecule has 0 aliphatic rings. The maximum Gasteiger partial charge on any atom is 0.271 e. The van der Waals surface area contributed by atoms with Crippen LogP contribution in [0.2, 0.25) is 0 Å². The maximum absolute atomic E-state index is 12.0. The molecule has 0 saturated carbocycles. The fourth-order valence-corrected chi connectivity index (χ4v) is 1.66. The first kappa shape index (κ1) is 14.7. The Bertz CT molecular complexity index is 391. The first-order chi connectivity index (χ1) is 8.54. The van der Waals surface area contributed by atoms with Crippen molar-refractivity contribution in [3.63, 3.8) is 0 Å². The van der Waals surface area contributed by atoms with Gasteiger partial charge in [-0.3, -0.25) is 4.79 Å². The predicted octanol–water partition coefficient (Wildman–Crippen LogP) is 0.123. The Hall–Kier alpha value is -1.40. The molecule has 6 nitrogen and oxygen atoms in total. The molecule has 0 aliphatic carbocycles. The standard InChI is InChI=1S/C12H22N4O2/c1-3-12(2,4-7-17)15-11(18)10-8-16(6-5-13)9-14-10/h8-9,17H,3-7,13H2,1-2H3,(H,15,18). The van der Waals surface area contributed by atoms with Gasteiger partial charge in [-0.15, -0.1) is 0 Å². The van der Waals surface area contributed by atoms with Crippen LogP contribution in [0.3, 0.4) is 0 Å². The third kappa shape index (κ3) is 3.82. The molecule has 0 saturated heterocycles. The molecule has 1 unspecified atom stereocenters. The van der Waals surface area contributed by atoms with Gasteiger partial charge in [-0.25, -0.2) is 4.98 Å². The Morgan fingerprint density at radius 3 is 2.94 bits per heavy atom. The van der Waals surface area contributed by atoms with E-state index >= 15 is 0 Å². The Morgan fingerprint density at radius 1 is 1.67 bits per heavy atom. The lowest BCUT2D eigenvalue weighted by atomic mass is 9.95. The number of nitrogens with one attached hydrogen (secondary N) is 1. The molecule has 0 aliphatic heterocycles. The molecule has 1 aromatic heterocycles. The van der Waals surface area contributed by atoms with Gasteiger partial charge in [0.05, 0.1) is 6.33 Å². The summed E-state index contributed by atoms with van der Waals surface area (Å²) in [5, 5.41) is 11.9. The minimum atomic E-state index is -0.399. The Morgan fingerprint density at radius 2 is 2.39 bits per heavy atom. The van der Waals surface area contributed by atoms with E-state index in [-0.39, 0.29) is 12.5 Å². The Labute approximate surface area is 107 Å². The highest BCUT2D eigenvalue weighted by Gasteiger charge is 2.25. The zero-order valence-corrected chi connectivity index (χ0v) is 11.0. The number of hydrogen-bond donors (Lipinski definition) is 3. The summed E-state index contributed by atoms with van der Waals surface area (Å²) in [4.78, 5) is 16.1.